The Kier molecular flexibility index (Phi) is 1.89. The Hall–Kier alpha value is -1.55. The van der Waals surface area contributed by atoms with E-state index in [-0.39, 0.29) is 6.10 Å². The minimum atomic E-state index is -0.223. The molecule has 2 heterocycles. The molecule has 2 aromatic rings. The Labute approximate surface area is 87.7 Å². The summed E-state index contributed by atoms with van der Waals surface area (Å²) in [6.07, 6.45) is 2.43. The van der Waals surface area contributed by atoms with E-state index in [0.717, 1.165) is 23.9 Å². The van der Waals surface area contributed by atoms with Gasteiger partial charge in [0, 0.05) is 11.9 Å². The van der Waals surface area contributed by atoms with E-state index >= 15 is 0 Å². The lowest BCUT2D eigenvalue weighted by atomic mass is 10.3. The highest BCUT2D eigenvalue weighted by molar-refractivity contribution is 5.78. The van der Waals surface area contributed by atoms with Gasteiger partial charge >= 0.3 is 0 Å². The van der Waals surface area contributed by atoms with Crippen molar-refractivity contribution in [3.05, 3.63) is 30.5 Å². The van der Waals surface area contributed by atoms with Gasteiger partial charge in [0.25, 0.3) is 0 Å². The maximum absolute atomic E-state index is 9.48. The van der Waals surface area contributed by atoms with Crippen LogP contribution in [0.3, 0.4) is 0 Å². The highest BCUT2D eigenvalue weighted by Crippen LogP contribution is 2.15. The molecule has 1 aliphatic heterocycles. The van der Waals surface area contributed by atoms with Crippen molar-refractivity contribution in [2.45, 2.75) is 12.5 Å². The Bertz CT molecular complexity index is 479. The average Bonchev–Trinajstić information content (AvgIpc) is 2.83. The van der Waals surface area contributed by atoms with E-state index in [9.17, 15) is 5.11 Å². The lowest BCUT2D eigenvalue weighted by Crippen LogP contribution is -2.33. The van der Waals surface area contributed by atoms with Gasteiger partial charge in [-0.15, -0.1) is 0 Å². The molecule has 4 heteroatoms. The van der Waals surface area contributed by atoms with E-state index in [1.807, 2.05) is 29.2 Å². The zero-order valence-corrected chi connectivity index (χ0v) is 8.30. The third-order valence-electron chi connectivity index (χ3n) is 2.80. The molecule has 1 N–H and O–H groups in total. The molecule has 4 nitrogen and oxygen atoms in total. The van der Waals surface area contributed by atoms with Crippen LogP contribution in [0.25, 0.3) is 10.9 Å². The van der Waals surface area contributed by atoms with Crippen molar-refractivity contribution in [3.8, 4) is 0 Å². The van der Waals surface area contributed by atoms with Gasteiger partial charge in [-0.25, -0.2) is 0 Å². The highest BCUT2D eigenvalue weighted by atomic mass is 16.3. The van der Waals surface area contributed by atoms with Crippen LogP contribution in [0.2, 0.25) is 0 Å². The largest absolute Gasteiger partial charge is 0.391 e. The molecule has 1 saturated heterocycles. The van der Waals surface area contributed by atoms with Crippen molar-refractivity contribution in [2.24, 2.45) is 0 Å². The second-order valence-electron chi connectivity index (χ2n) is 3.87. The van der Waals surface area contributed by atoms with Crippen molar-refractivity contribution in [1.82, 2.24) is 9.89 Å². The van der Waals surface area contributed by atoms with Crippen LogP contribution in [0, 0.1) is 6.07 Å². The Morgan fingerprint density at radius 1 is 1.53 bits per heavy atom. The standard InChI is InChI=1S/C11H12N3O/c15-10-5-6-13(8-10)14-11-4-2-1-3-9(11)7-12-14/h2-4,7,10,15H,5-6,8H2. The molecule has 1 aromatic heterocycles. The number of β-amino-alcohol motifs (C(OH)–C–C–N with tert-alkyl or cyclic N) is 1. The Morgan fingerprint density at radius 2 is 2.47 bits per heavy atom. The van der Waals surface area contributed by atoms with Gasteiger partial charge in [-0.3, -0.25) is 5.01 Å². The van der Waals surface area contributed by atoms with E-state index in [4.69, 9.17) is 0 Å². The third-order valence-corrected chi connectivity index (χ3v) is 2.80. The summed E-state index contributed by atoms with van der Waals surface area (Å²) in [6.45, 7) is 1.52. The van der Waals surface area contributed by atoms with Crippen molar-refractivity contribution in [2.75, 3.05) is 18.1 Å². The van der Waals surface area contributed by atoms with Crippen molar-refractivity contribution in [1.29, 1.82) is 0 Å². The molecule has 0 spiro atoms. The average molecular weight is 202 g/mol. The van der Waals surface area contributed by atoms with Gasteiger partial charge in [-0.1, -0.05) is 6.07 Å². The van der Waals surface area contributed by atoms with E-state index in [0.29, 0.717) is 6.54 Å². The molecule has 1 radical (unpaired) electrons. The monoisotopic (exact) mass is 202 g/mol. The van der Waals surface area contributed by atoms with Gasteiger partial charge in [0.2, 0.25) is 0 Å². The molecule has 0 saturated carbocycles. The summed E-state index contributed by atoms with van der Waals surface area (Å²) >= 11 is 0. The van der Waals surface area contributed by atoms with Gasteiger partial charge in [0.15, 0.2) is 0 Å². The summed E-state index contributed by atoms with van der Waals surface area (Å²) in [6, 6.07) is 8.82. The molecular weight excluding hydrogens is 190 g/mol. The first-order valence-corrected chi connectivity index (χ1v) is 5.12. The smallest absolute Gasteiger partial charge is 0.0921 e. The zero-order chi connectivity index (χ0) is 10.3. The number of aliphatic hydroxyl groups excluding tert-OH is 1. The number of aromatic nitrogens is 2. The molecule has 1 aromatic carbocycles. The minimum absolute atomic E-state index is 0.223. The van der Waals surface area contributed by atoms with Gasteiger partial charge in [0.05, 0.1) is 24.4 Å². The first-order valence-electron chi connectivity index (χ1n) is 5.12. The summed E-state index contributed by atoms with van der Waals surface area (Å²) in [5, 5.41) is 16.9. The predicted octanol–water partition coefficient (Wildman–Crippen LogP) is 0.539. The second kappa shape index (κ2) is 3.24. The van der Waals surface area contributed by atoms with Gasteiger partial charge in [-0.05, 0) is 24.6 Å². The summed E-state index contributed by atoms with van der Waals surface area (Å²) in [5.74, 6) is 0. The van der Waals surface area contributed by atoms with Crippen LogP contribution in [0.4, 0.5) is 0 Å². The molecule has 0 amide bonds. The molecule has 3 rings (SSSR count). The van der Waals surface area contributed by atoms with E-state index in [1.54, 1.807) is 0 Å². The fraction of sp³-hybridized carbons (Fsp3) is 0.364. The van der Waals surface area contributed by atoms with E-state index < -0.39 is 0 Å². The molecule has 1 unspecified atom stereocenters. The fourth-order valence-corrected chi connectivity index (χ4v) is 2.02. The van der Waals surface area contributed by atoms with Crippen LogP contribution in [-0.4, -0.2) is 34.2 Å². The number of hydrogen-bond donors (Lipinski definition) is 1. The molecule has 0 aliphatic carbocycles. The summed E-state index contributed by atoms with van der Waals surface area (Å²) in [5.41, 5.74) is 1.07. The number of aliphatic hydroxyl groups is 1. The van der Waals surface area contributed by atoms with Gasteiger partial charge in [-0.2, -0.15) is 9.89 Å². The molecule has 77 valence electrons. The summed E-state index contributed by atoms with van der Waals surface area (Å²) in [4.78, 5) is 1.87. The van der Waals surface area contributed by atoms with Crippen LogP contribution >= 0.6 is 0 Å². The van der Waals surface area contributed by atoms with Crippen molar-refractivity contribution >= 4 is 10.9 Å². The first kappa shape index (κ1) is 8.73. The maximum atomic E-state index is 9.48. The number of benzene rings is 1. The third kappa shape index (κ3) is 1.37. The highest BCUT2D eigenvalue weighted by Gasteiger charge is 2.21. The van der Waals surface area contributed by atoms with Gasteiger partial charge in [0.1, 0.15) is 0 Å². The summed E-state index contributed by atoms with van der Waals surface area (Å²) in [7, 11) is 0. The molecule has 15 heavy (non-hydrogen) atoms. The van der Waals surface area contributed by atoms with Crippen molar-refractivity contribution in [3.63, 3.8) is 0 Å². The topological polar surface area (TPSA) is 41.3 Å². The van der Waals surface area contributed by atoms with Crippen LogP contribution in [0.5, 0.6) is 0 Å². The quantitative estimate of drug-likeness (QED) is 0.733. The van der Waals surface area contributed by atoms with Crippen LogP contribution < -0.4 is 5.01 Å². The van der Waals surface area contributed by atoms with E-state index in [1.165, 1.54) is 0 Å². The predicted molar refractivity (Wildman–Crippen MR) is 57.1 cm³/mol. The van der Waals surface area contributed by atoms with Crippen molar-refractivity contribution < 1.29 is 5.11 Å². The summed E-state index contributed by atoms with van der Waals surface area (Å²) < 4.78 is 0. The fourth-order valence-electron chi connectivity index (χ4n) is 2.02. The lowest BCUT2D eigenvalue weighted by molar-refractivity contribution is 0.196. The Balaban J connectivity index is 2.04. The number of hydrogen-bond acceptors (Lipinski definition) is 3. The van der Waals surface area contributed by atoms with Crippen LogP contribution in [0.1, 0.15) is 6.42 Å². The molecule has 1 atom stereocenters. The maximum Gasteiger partial charge on any atom is 0.0921 e. The second-order valence-corrected chi connectivity index (χ2v) is 3.87. The van der Waals surface area contributed by atoms with Crippen LogP contribution in [-0.2, 0) is 0 Å². The molecule has 1 fully saturated rings. The molecule has 1 aliphatic rings. The molecular formula is C11H12N3O. The SMILES string of the molecule is OC1CCN(n2ncc3c[c]ccc32)C1. The number of rotatable bonds is 1. The zero-order valence-electron chi connectivity index (χ0n) is 8.30. The van der Waals surface area contributed by atoms with E-state index in [2.05, 4.69) is 16.2 Å². The minimum Gasteiger partial charge on any atom is -0.391 e. The lowest BCUT2D eigenvalue weighted by Gasteiger charge is -2.18. The number of nitrogens with zero attached hydrogens (tertiary/aromatic N) is 3. The first-order chi connectivity index (χ1) is 7.34. The molecule has 0 bridgehead atoms. The Morgan fingerprint density at radius 3 is 3.27 bits per heavy atom. The normalized spacial score (nSPS) is 21.4. The van der Waals surface area contributed by atoms with Crippen LogP contribution in [0.15, 0.2) is 24.4 Å². The number of fused-ring (bicyclic) bond motifs is 1. The van der Waals surface area contributed by atoms with Gasteiger partial charge < -0.3 is 5.11 Å².